The number of halogens is 1. The maximum Gasteiger partial charge on any atom is 0.420 e. The number of carbonyl (C=O) groups excluding carboxylic acids is 2. The highest BCUT2D eigenvalue weighted by Crippen LogP contribution is 2.43. The zero-order chi connectivity index (χ0) is 41.2. The molecule has 6 heterocycles. The third kappa shape index (κ3) is 8.97. The lowest BCUT2D eigenvalue weighted by Gasteiger charge is -2.38. The van der Waals surface area contributed by atoms with Crippen molar-refractivity contribution in [3.05, 3.63) is 77.2 Å². The zero-order valence-electron chi connectivity index (χ0n) is 35.0. The van der Waals surface area contributed by atoms with Gasteiger partial charge in [0.05, 0.1) is 29.4 Å². The Morgan fingerprint density at radius 2 is 1.65 bits per heavy atom. The van der Waals surface area contributed by atoms with Crippen LogP contribution in [0.5, 0.6) is 0 Å². The minimum Gasteiger partial charge on any atom is -0.443 e. The first-order valence-corrected chi connectivity index (χ1v) is 23.0. The molecule has 15 heteroatoms. The van der Waals surface area contributed by atoms with Crippen molar-refractivity contribution in [1.29, 1.82) is 0 Å². The van der Waals surface area contributed by atoms with Gasteiger partial charge in [-0.2, -0.15) is 0 Å². The fourth-order valence-corrected chi connectivity index (χ4v) is 8.48. The van der Waals surface area contributed by atoms with E-state index in [1.54, 1.807) is 27.0 Å². The SMILES string of the molecule is CC(C)(C)OC(=O)N(Cc1cnc2c(c1)c(Cl)cn2C(=O)OC(C)(C)C)c1cc(N2C[C@@H](O[Si](C)(C)C(C)(C)C)C[C@@H]2c2cn3cc(C4CC4)ccc3n2)ncn1. The van der Waals surface area contributed by atoms with Crippen LogP contribution in [0.25, 0.3) is 16.7 Å². The predicted octanol–water partition coefficient (Wildman–Crippen LogP) is 10.1. The van der Waals surface area contributed by atoms with E-state index in [1.165, 1.54) is 40.4 Å². The third-order valence-electron chi connectivity index (χ3n) is 10.8. The van der Waals surface area contributed by atoms with Crippen LogP contribution in [-0.2, 0) is 20.4 Å². The van der Waals surface area contributed by atoms with E-state index in [0.717, 1.165) is 17.8 Å². The molecule has 1 amide bonds. The molecule has 0 bridgehead atoms. The molecular weight excluding hydrogens is 760 g/mol. The first kappa shape index (κ1) is 40.7. The van der Waals surface area contributed by atoms with Gasteiger partial charge in [-0.25, -0.2) is 34.1 Å². The van der Waals surface area contributed by atoms with Gasteiger partial charge in [0, 0.05) is 49.2 Å². The average molecular weight is 815 g/mol. The van der Waals surface area contributed by atoms with Gasteiger partial charge in [-0.1, -0.05) is 38.4 Å². The lowest BCUT2D eigenvalue weighted by atomic mass is 10.1. The Kier molecular flexibility index (Phi) is 10.5. The quantitative estimate of drug-likeness (QED) is 0.140. The molecule has 57 heavy (non-hydrogen) atoms. The van der Waals surface area contributed by atoms with Crippen molar-refractivity contribution < 1.29 is 23.5 Å². The van der Waals surface area contributed by atoms with E-state index < -0.39 is 31.7 Å². The first-order valence-electron chi connectivity index (χ1n) is 19.7. The molecular formula is C42H55ClN8O5Si. The van der Waals surface area contributed by atoms with Crippen LogP contribution in [0.2, 0.25) is 23.2 Å². The number of hydrogen-bond donors (Lipinski definition) is 0. The van der Waals surface area contributed by atoms with Crippen molar-refractivity contribution in [3.63, 3.8) is 0 Å². The van der Waals surface area contributed by atoms with Crippen LogP contribution >= 0.6 is 11.6 Å². The standard InChI is InChI=1S/C42H55ClN8O5Si/c1-40(2,3)54-38(52)50(20-26-16-30-31(43)23-51(37(30)44-19-26)39(53)55-41(4,5)6)36-18-35(45-25-46-36)49-22-29(56-57(10,11)42(7,8)9)17-33(49)32-24-48-21-28(27-12-13-27)14-15-34(48)47-32/h14-16,18-19,21,23-25,27,29,33H,12-13,17,20,22H2,1-11H3/t29-,33+/m0/s1. The fraction of sp³-hybridized carbons (Fsp3) is 0.524. The molecule has 5 aromatic rings. The summed E-state index contributed by atoms with van der Waals surface area (Å²) >= 11 is 6.64. The first-order chi connectivity index (χ1) is 26.5. The molecule has 0 N–H and O–H groups in total. The topological polar surface area (TPSA) is 129 Å². The van der Waals surface area contributed by atoms with Crippen LogP contribution in [0.1, 0.15) is 110 Å². The summed E-state index contributed by atoms with van der Waals surface area (Å²) in [5.74, 6) is 1.62. The van der Waals surface area contributed by atoms with Gasteiger partial charge in [0.2, 0.25) is 0 Å². The molecule has 304 valence electrons. The minimum atomic E-state index is -2.12. The molecule has 5 aromatic heterocycles. The van der Waals surface area contributed by atoms with Crippen molar-refractivity contribution in [1.82, 2.24) is 28.9 Å². The van der Waals surface area contributed by atoms with Gasteiger partial charge < -0.3 is 23.2 Å². The number of imidazole rings is 1. The van der Waals surface area contributed by atoms with Crippen molar-refractivity contribution >= 4 is 60.4 Å². The van der Waals surface area contributed by atoms with Crippen LogP contribution in [0.4, 0.5) is 21.2 Å². The lowest BCUT2D eigenvalue weighted by molar-refractivity contribution is 0.0540. The van der Waals surface area contributed by atoms with Gasteiger partial charge in [0.15, 0.2) is 14.0 Å². The van der Waals surface area contributed by atoms with E-state index in [-0.39, 0.29) is 23.7 Å². The Morgan fingerprint density at radius 3 is 2.32 bits per heavy atom. The van der Waals surface area contributed by atoms with E-state index in [0.29, 0.717) is 45.7 Å². The maximum atomic E-state index is 14.0. The minimum absolute atomic E-state index is 0.0364. The molecule has 1 aliphatic carbocycles. The average Bonchev–Trinajstić information content (AvgIpc) is 3.60. The van der Waals surface area contributed by atoms with Crippen LogP contribution in [0.15, 0.2) is 55.4 Å². The molecule has 0 radical (unpaired) electrons. The molecule has 7 rings (SSSR count). The van der Waals surface area contributed by atoms with Crippen molar-refractivity contribution in [2.45, 2.75) is 136 Å². The second-order valence-corrected chi connectivity index (χ2v) is 24.1. The number of anilines is 2. The van der Waals surface area contributed by atoms with E-state index >= 15 is 0 Å². The Morgan fingerprint density at radius 1 is 0.930 bits per heavy atom. The Balaban J connectivity index is 1.24. The molecule has 0 aromatic carbocycles. The van der Waals surface area contributed by atoms with Crippen LogP contribution in [-0.4, -0.2) is 73.3 Å². The summed E-state index contributed by atoms with van der Waals surface area (Å²) in [6.07, 6.45) is 10.9. The van der Waals surface area contributed by atoms with E-state index in [2.05, 4.69) is 77.7 Å². The van der Waals surface area contributed by atoms with Gasteiger partial charge in [-0.15, -0.1) is 0 Å². The molecule has 0 unspecified atom stereocenters. The second kappa shape index (κ2) is 14.7. The predicted molar refractivity (Wildman–Crippen MR) is 225 cm³/mol. The van der Waals surface area contributed by atoms with Crippen LogP contribution < -0.4 is 9.80 Å². The fourth-order valence-electron chi connectivity index (χ4n) is 6.89. The summed E-state index contributed by atoms with van der Waals surface area (Å²) in [7, 11) is -2.12. The highest BCUT2D eigenvalue weighted by Gasteiger charge is 2.44. The highest BCUT2D eigenvalue weighted by atomic mass is 35.5. The molecule has 2 atom stereocenters. The Bertz CT molecular complexity index is 2320. The lowest BCUT2D eigenvalue weighted by Crippen LogP contribution is -2.44. The third-order valence-corrected chi connectivity index (χ3v) is 15.7. The number of pyridine rings is 2. The molecule has 2 fully saturated rings. The smallest absolute Gasteiger partial charge is 0.420 e. The number of carbonyl (C=O) groups is 2. The number of nitrogens with zero attached hydrogens (tertiary/aromatic N) is 8. The second-order valence-electron chi connectivity index (χ2n) is 18.9. The van der Waals surface area contributed by atoms with Crippen LogP contribution in [0, 0.1) is 0 Å². The maximum absolute atomic E-state index is 14.0. The van der Waals surface area contributed by atoms with Gasteiger partial charge in [-0.05, 0) is 102 Å². The molecule has 1 saturated heterocycles. The number of amides is 1. The Labute approximate surface area is 340 Å². The molecule has 0 spiro atoms. The van der Waals surface area contributed by atoms with Gasteiger partial charge in [0.1, 0.15) is 34.8 Å². The van der Waals surface area contributed by atoms with Crippen molar-refractivity contribution in [2.75, 3.05) is 16.3 Å². The zero-order valence-corrected chi connectivity index (χ0v) is 36.7. The molecule has 1 saturated carbocycles. The monoisotopic (exact) mass is 814 g/mol. The normalized spacial score (nSPS) is 18.1. The largest absolute Gasteiger partial charge is 0.443 e. The number of hydrogen-bond acceptors (Lipinski definition) is 10. The number of ether oxygens (including phenoxy) is 2. The highest BCUT2D eigenvalue weighted by molar-refractivity contribution is 6.74. The summed E-state index contributed by atoms with van der Waals surface area (Å²) in [6, 6.07) is 7.80. The van der Waals surface area contributed by atoms with E-state index in [1.807, 2.05) is 32.9 Å². The molecule has 1 aliphatic heterocycles. The molecule has 13 nitrogen and oxygen atoms in total. The summed E-state index contributed by atoms with van der Waals surface area (Å²) in [5.41, 5.74) is 2.68. The van der Waals surface area contributed by atoms with Gasteiger partial charge in [-0.3, -0.25) is 4.90 Å². The number of rotatable bonds is 8. The van der Waals surface area contributed by atoms with Gasteiger partial charge >= 0.3 is 12.2 Å². The van der Waals surface area contributed by atoms with Crippen molar-refractivity contribution in [2.24, 2.45) is 0 Å². The van der Waals surface area contributed by atoms with Gasteiger partial charge in [0.25, 0.3) is 0 Å². The summed E-state index contributed by atoms with van der Waals surface area (Å²) in [5, 5.41) is 0.898. The summed E-state index contributed by atoms with van der Waals surface area (Å²) in [4.78, 5) is 49.8. The summed E-state index contributed by atoms with van der Waals surface area (Å²) < 4.78 is 21.9. The summed E-state index contributed by atoms with van der Waals surface area (Å²) in [6.45, 7) is 22.8. The number of aromatic nitrogens is 6. The number of fused-ring (bicyclic) bond motifs is 2. The Hall–Kier alpha value is -4.53. The molecule has 2 aliphatic rings. The van der Waals surface area contributed by atoms with E-state index in [9.17, 15) is 9.59 Å². The van der Waals surface area contributed by atoms with Crippen molar-refractivity contribution in [3.8, 4) is 0 Å². The van der Waals surface area contributed by atoms with Crippen LogP contribution in [0.3, 0.4) is 0 Å². The van der Waals surface area contributed by atoms with E-state index in [4.69, 9.17) is 35.5 Å².